The molecule has 0 aliphatic rings. The topological polar surface area (TPSA) is 68.2 Å². The van der Waals surface area contributed by atoms with Gasteiger partial charge in [-0.25, -0.2) is 4.52 Å². The van der Waals surface area contributed by atoms with Crippen LogP contribution in [0, 0.1) is 0 Å². The number of nitrogens with zero attached hydrogens (tertiary/aromatic N) is 4. The van der Waals surface area contributed by atoms with Crippen LogP contribution in [0.2, 0.25) is 0 Å². The minimum Gasteiger partial charge on any atom is -0.364 e. The number of aromatic nitrogens is 4. The van der Waals surface area contributed by atoms with Gasteiger partial charge in [0.1, 0.15) is 12.0 Å². The highest BCUT2D eigenvalue weighted by molar-refractivity contribution is 5.42. The molecule has 0 spiro atoms. The van der Waals surface area contributed by atoms with E-state index in [0.717, 1.165) is 11.3 Å². The zero-order valence-corrected chi connectivity index (χ0v) is 8.37. The molecule has 3 rings (SSSR count). The highest BCUT2D eigenvalue weighted by atomic mass is 16.5. The molecule has 16 heavy (non-hydrogen) atoms. The zero-order valence-electron chi connectivity index (χ0n) is 8.37. The van der Waals surface area contributed by atoms with Crippen LogP contribution in [-0.4, -0.2) is 19.8 Å². The van der Waals surface area contributed by atoms with E-state index in [-0.39, 0.29) is 0 Å². The van der Waals surface area contributed by atoms with Crippen molar-refractivity contribution in [3.05, 3.63) is 42.4 Å². The standard InChI is InChI=1S/C10H9N5O/c1-2-5-15-9(3-1)12-10(13-15)11-7-8-4-6-16-14-8/h1-6H,7H2,(H,11,13). The van der Waals surface area contributed by atoms with Crippen molar-refractivity contribution in [3.63, 3.8) is 0 Å². The summed E-state index contributed by atoms with van der Waals surface area (Å²) in [6.45, 7) is 0.549. The van der Waals surface area contributed by atoms with Crippen LogP contribution in [0.3, 0.4) is 0 Å². The Hall–Kier alpha value is -2.37. The molecule has 1 N–H and O–H groups in total. The van der Waals surface area contributed by atoms with E-state index < -0.39 is 0 Å². The Bertz CT molecular complexity index is 553. The van der Waals surface area contributed by atoms with Crippen LogP contribution in [0.15, 0.2) is 41.2 Å². The van der Waals surface area contributed by atoms with Crippen LogP contribution in [0.5, 0.6) is 0 Å². The summed E-state index contributed by atoms with van der Waals surface area (Å²) in [5.41, 5.74) is 1.63. The van der Waals surface area contributed by atoms with Crippen molar-refractivity contribution in [3.8, 4) is 0 Å². The zero-order chi connectivity index (χ0) is 10.8. The van der Waals surface area contributed by atoms with Gasteiger partial charge in [0, 0.05) is 12.3 Å². The van der Waals surface area contributed by atoms with Gasteiger partial charge in [-0.3, -0.25) is 0 Å². The highest BCUT2D eigenvalue weighted by Crippen LogP contribution is 2.05. The lowest BCUT2D eigenvalue weighted by molar-refractivity contribution is 0.412. The predicted molar refractivity (Wildman–Crippen MR) is 56.8 cm³/mol. The Morgan fingerprint density at radius 3 is 3.12 bits per heavy atom. The molecular formula is C10H9N5O. The fraction of sp³-hybridized carbons (Fsp3) is 0.100. The van der Waals surface area contributed by atoms with Gasteiger partial charge in [0.15, 0.2) is 5.65 Å². The van der Waals surface area contributed by atoms with Gasteiger partial charge >= 0.3 is 0 Å². The molecule has 3 heterocycles. The van der Waals surface area contributed by atoms with E-state index in [2.05, 4.69) is 20.6 Å². The molecule has 0 bridgehead atoms. The number of anilines is 1. The van der Waals surface area contributed by atoms with E-state index in [1.54, 1.807) is 10.6 Å². The minimum absolute atomic E-state index is 0.549. The fourth-order valence-electron chi connectivity index (χ4n) is 1.40. The molecule has 6 nitrogen and oxygen atoms in total. The average Bonchev–Trinajstić information content (AvgIpc) is 2.95. The maximum Gasteiger partial charge on any atom is 0.243 e. The van der Waals surface area contributed by atoms with Crippen LogP contribution in [0.1, 0.15) is 5.69 Å². The molecule has 0 aromatic carbocycles. The van der Waals surface area contributed by atoms with Gasteiger partial charge < -0.3 is 9.84 Å². The van der Waals surface area contributed by atoms with E-state index in [0.29, 0.717) is 12.5 Å². The Morgan fingerprint density at radius 1 is 1.31 bits per heavy atom. The van der Waals surface area contributed by atoms with Crippen molar-refractivity contribution in [1.82, 2.24) is 19.8 Å². The van der Waals surface area contributed by atoms with Crippen LogP contribution < -0.4 is 5.32 Å². The highest BCUT2D eigenvalue weighted by Gasteiger charge is 2.02. The monoisotopic (exact) mass is 215 g/mol. The molecule has 0 saturated heterocycles. The van der Waals surface area contributed by atoms with E-state index in [1.165, 1.54) is 6.26 Å². The lowest BCUT2D eigenvalue weighted by Crippen LogP contribution is -2.01. The van der Waals surface area contributed by atoms with Gasteiger partial charge in [0.25, 0.3) is 0 Å². The molecular weight excluding hydrogens is 206 g/mol. The molecule has 6 heteroatoms. The molecule has 0 atom stereocenters. The third kappa shape index (κ3) is 1.60. The summed E-state index contributed by atoms with van der Waals surface area (Å²) in [5.74, 6) is 0.578. The van der Waals surface area contributed by atoms with Crippen molar-refractivity contribution in [1.29, 1.82) is 0 Å². The van der Waals surface area contributed by atoms with Crippen LogP contribution in [0.4, 0.5) is 5.95 Å². The summed E-state index contributed by atoms with van der Waals surface area (Å²) < 4.78 is 6.44. The van der Waals surface area contributed by atoms with E-state index >= 15 is 0 Å². The molecule has 0 aliphatic carbocycles. The second-order valence-electron chi connectivity index (χ2n) is 3.28. The summed E-state index contributed by atoms with van der Waals surface area (Å²) in [6.07, 6.45) is 3.39. The Balaban J connectivity index is 1.79. The van der Waals surface area contributed by atoms with Crippen molar-refractivity contribution < 1.29 is 4.52 Å². The first-order valence-electron chi connectivity index (χ1n) is 4.86. The minimum atomic E-state index is 0.549. The van der Waals surface area contributed by atoms with Crippen LogP contribution in [0.25, 0.3) is 5.65 Å². The molecule has 3 aromatic rings. The first-order valence-corrected chi connectivity index (χ1v) is 4.86. The first-order chi connectivity index (χ1) is 7.92. The van der Waals surface area contributed by atoms with Crippen LogP contribution in [-0.2, 0) is 6.54 Å². The van der Waals surface area contributed by atoms with E-state index in [1.807, 2.05) is 24.4 Å². The SMILES string of the molecule is c1ccn2nc(NCc3ccon3)nc2c1. The number of nitrogens with one attached hydrogen (secondary N) is 1. The third-order valence-electron chi connectivity index (χ3n) is 2.16. The number of hydrogen-bond donors (Lipinski definition) is 1. The van der Waals surface area contributed by atoms with Gasteiger partial charge in [0.05, 0.1) is 6.54 Å². The number of pyridine rings is 1. The van der Waals surface area contributed by atoms with Gasteiger partial charge in [-0.1, -0.05) is 11.2 Å². The summed E-state index contributed by atoms with van der Waals surface area (Å²) in [4.78, 5) is 4.29. The summed E-state index contributed by atoms with van der Waals surface area (Å²) in [6, 6.07) is 7.52. The normalized spacial score (nSPS) is 10.8. The second-order valence-corrected chi connectivity index (χ2v) is 3.28. The number of fused-ring (bicyclic) bond motifs is 1. The number of rotatable bonds is 3. The smallest absolute Gasteiger partial charge is 0.243 e. The number of hydrogen-bond acceptors (Lipinski definition) is 5. The van der Waals surface area contributed by atoms with E-state index in [4.69, 9.17) is 4.52 Å². The van der Waals surface area contributed by atoms with Gasteiger partial charge in [-0.05, 0) is 12.1 Å². The Labute approximate surface area is 90.9 Å². The average molecular weight is 215 g/mol. The Kier molecular flexibility index (Phi) is 2.03. The summed E-state index contributed by atoms with van der Waals surface area (Å²) in [7, 11) is 0. The quantitative estimate of drug-likeness (QED) is 0.713. The van der Waals surface area contributed by atoms with Crippen molar-refractivity contribution in [2.45, 2.75) is 6.54 Å². The van der Waals surface area contributed by atoms with Crippen molar-refractivity contribution in [2.24, 2.45) is 0 Å². The van der Waals surface area contributed by atoms with Crippen molar-refractivity contribution >= 4 is 11.6 Å². The van der Waals surface area contributed by atoms with Gasteiger partial charge in [0.2, 0.25) is 5.95 Å². The lowest BCUT2D eigenvalue weighted by Gasteiger charge is -1.95. The molecule has 0 saturated carbocycles. The summed E-state index contributed by atoms with van der Waals surface area (Å²) >= 11 is 0. The molecule has 3 aromatic heterocycles. The molecule has 0 radical (unpaired) electrons. The lowest BCUT2D eigenvalue weighted by atomic mass is 10.4. The fourth-order valence-corrected chi connectivity index (χ4v) is 1.40. The van der Waals surface area contributed by atoms with E-state index in [9.17, 15) is 0 Å². The first kappa shape index (κ1) is 8.90. The molecule has 0 unspecified atom stereocenters. The molecule has 0 amide bonds. The molecule has 0 fully saturated rings. The summed E-state index contributed by atoms with van der Waals surface area (Å²) in [5, 5.41) is 11.1. The second kappa shape index (κ2) is 3.65. The maximum absolute atomic E-state index is 4.73. The predicted octanol–water partition coefficient (Wildman–Crippen LogP) is 1.33. The van der Waals surface area contributed by atoms with Gasteiger partial charge in [-0.2, -0.15) is 4.98 Å². The van der Waals surface area contributed by atoms with Gasteiger partial charge in [-0.15, -0.1) is 5.10 Å². The maximum atomic E-state index is 4.73. The molecule has 0 aliphatic heterocycles. The van der Waals surface area contributed by atoms with Crippen LogP contribution >= 0.6 is 0 Å². The molecule has 80 valence electrons. The largest absolute Gasteiger partial charge is 0.364 e. The van der Waals surface area contributed by atoms with Crippen molar-refractivity contribution in [2.75, 3.05) is 5.32 Å². The third-order valence-corrected chi connectivity index (χ3v) is 2.16. The Morgan fingerprint density at radius 2 is 2.31 bits per heavy atom.